The Kier molecular flexibility index (Phi) is 5.87. The summed E-state index contributed by atoms with van der Waals surface area (Å²) in [6.07, 6.45) is 0.950. The molecule has 2 heterocycles. The zero-order valence-corrected chi connectivity index (χ0v) is 18.4. The third kappa shape index (κ3) is 3.97. The van der Waals surface area contributed by atoms with Crippen LogP contribution in [0.5, 0.6) is 5.75 Å². The highest BCUT2D eigenvalue weighted by molar-refractivity contribution is 8.00. The lowest BCUT2D eigenvalue weighted by atomic mass is 10.0. The number of ether oxygens (including phenoxy) is 1. The number of carbonyl (C=O) groups excluding carboxylic acids is 1. The average molecular weight is 444 g/mol. The Balaban J connectivity index is 1.65. The number of aromatic nitrogens is 3. The molecule has 156 valence electrons. The number of benzene rings is 2. The first kappa shape index (κ1) is 20.6. The van der Waals surface area contributed by atoms with Crippen molar-refractivity contribution in [1.29, 1.82) is 0 Å². The van der Waals surface area contributed by atoms with Crippen molar-refractivity contribution in [3.8, 4) is 5.75 Å². The van der Waals surface area contributed by atoms with Crippen molar-refractivity contribution in [1.82, 2.24) is 14.9 Å². The number of rotatable bonds is 5. The van der Waals surface area contributed by atoms with Crippen LogP contribution in [-0.2, 0) is 11.2 Å². The van der Waals surface area contributed by atoms with E-state index < -0.39 is 5.25 Å². The normalized spacial score (nSPS) is 17.7. The summed E-state index contributed by atoms with van der Waals surface area (Å²) in [5.41, 5.74) is 6.22. The summed E-state index contributed by atoms with van der Waals surface area (Å²) in [5, 5.41) is 12.0. The molecule has 7 nitrogen and oxygen atoms in total. The van der Waals surface area contributed by atoms with E-state index >= 15 is 0 Å². The molecule has 0 unspecified atom stereocenters. The Bertz CT molecular complexity index is 1070. The summed E-state index contributed by atoms with van der Waals surface area (Å²) >= 11 is 7.73. The second-order valence-electron chi connectivity index (χ2n) is 6.94. The van der Waals surface area contributed by atoms with Gasteiger partial charge in [0.25, 0.3) is 0 Å². The van der Waals surface area contributed by atoms with Crippen LogP contribution in [-0.4, -0.2) is 33.1 Å². The van der Waals surface area contributed by atoms with E-state index in [1.807, 2.05) is 43.3 Å². The van der Waals surface area contributed by atoms with Gasteiger partial charge in [-0.1, -0.05) is 48.5 Å². The maximum absolute atomic E-state index is 13.2. The minimum atomic E-state index is -0.476. The van der Waals surface area contributed by atoms with Crippen molar-refractivity contribution in [2.45, 2.75) is 36.7 Å². The van der Waals surface area contributed by atoms with Gasteiger partial charge in [0.1, 0.15) is 16.8 Å². The van der Waals surface area contributed by atoms with Crippen molar-refractivity contribution >= 4 is 35.0 Å². The van der Waals surface area contributed by atoms with Gasteiger partial charge in [-0.2, -0.15) is 0 Å². The highest BCUT2D eigenvalue weighted by atomic mass is 35.5. The molecule has 1 aromatic heterocycles. The van der Waals surface area contributed by atoms with Crippen LogP contribution in [0.4, 0.5) is 5.69 Å². The van der Waals surface area contributed by atoms with Gasteiger partial charge in [-0.3, -0.25) is 4.79 Å². The summed E-state index contributed by atoms with van der Waals surface area (Å²) < 4.78 is 7.06. The molecule has 30 heavy (non-hydrogen) atoms. The topological polar surface area (TPSA) is 81.1 Å². The lowest BCUT2D eigenvalue weighted by Crippen LogP contribution is -2.41. The number of methoxy groups -OCH3 is 1. The number of carbonyl (C=O) groups is 1. The lowest BCUT2D eigenvalue weighted by molar-refractivity contribution is -0.116. The molecule has 4 rings (SSSR count). The van der Waals surface area contributed by atoms with Gasteiger partial charge in [0.15, 0.2) is 0 Å². The number of nitrogens with one attached hydrogen (secondary N) is 2. The highest BCUT2D eigenvalue weighted by Gasteiger charge is 2.37. The molecule has 0 saturated carbocycles. The summed E-state index contributed by atoms with van der Waals surface area (Å²) in [5.74, 6) is 1.18. The SMILES string of the molecule is CCc1ccc(NC(=O)[C@@H]2Sc3nnc(C)n3N[C@H]2c2ccc(OC)c(Cl)c2)cc1. The minimum absolute atomic E-state index is 0.124. The number of aryl methyl sites for hydroxylation is 2. The van der Waals surface area contributed by atoms with Gasteiger partial charge in [0.2, 0.25) is 11.1 Å². The number of thioether (sulfide) groups is 1. The van der Waals surface area contributed by atoms with E-state index in [1.54, 1.807) is 17.9 Å². The molecule has 0 saturated heterocycles. The number of amides is 1. The zero-order valence-electron chi connectivity index (χ0n) is 16.8. The fourth-order valence-electron chi connectivity index (χ4n) is 3.32. The predicted molar refractivity (Wildman–Crippen MR) is 119 cm³/mol. The van der Waals surface area contributed by atoms with Crippen LogP contribution in [0.15, 0.2) is 47.6 Å². The molecule has 0 aliphatic carbocycles. The number of hydrogen-bond acceptors (Lipinski definition) is 6. The summed E-state index contributed by atoms with van der Waals surface area (Å²) in [7, 11) is 1.57. The van der Waals surface area contributed by atoms with Crippen LogP contribution in [0.2, 0.25) is 5.02 Å². The summed E-state index contributed by atoms with van der Waals surface area (Å²) in [4.78, 5) is 13.2. The monoisotopic (exact) mass is 443 g/mol. The number of fused-ring (bicyclic) bond motifs is 1. The van der Waals surface area contributed by atoms with Gasteiger partial charge in [-0.15, -0.1) is 10.2 Å². The van der Waals surface area contributed by atoms with Crippen LogP contribution in [0, 0.1) is 6.92 Å². The van der Waals surface area contributed by atoms with Crippen LogP contribution in [0.3, 0.4) is 0 Å². The number of hydrogen-bond donors (Lipinski definition) is 2. The molecule has 1 aliphatic rings. The van der Waals surface area contributed by atoms with Gasteiger partial charge < -0.3 is 15.5 Å². The fraction of sp³-hybridized carbons (Fsp3) is 0.286. The molecule has 1 amide bonds. The summed E-state index contributed by atoms with van der Waals surface area (Å²) in [6, 6.07) is 13.1. The van der Waals surface area contributed by atoms with Gasteiger partial charge in [-0.25, -0.2) is 4.68 Å². The van der Waals surface area contributed by atoms with Crippen molar-refractivity contribution in [3.63, 3.8) is 0 Å². The first-order valence-electron chi connectivity index (χ1n) is 9.58. The van der Waals surface area contributed by atoms with Crippen molar-refractivity contribution in [3.05, 3.63) is 64.4 Å². The fourth-order valence-corrected chi connectivity index (χ4v) is 4.72. The predicted octanol–water partition coefficient (Wildman–Crippen LogP) is 4.21. The molecule has 2 N–H and O–H groups in total. The number of anilines is 1. The van der Waals surface area contributed by atoms with E-state index in [2.05, 4.69) is 27.9 Å². The van der Waals surface area contributed by atoms with E-state index in [0.717, 1.165) is 23.5 Å². The Hall–Kier alpha value is -2.71. The van der Waals surface area contributed by atoms with E-state index in [0.29, 0.717) is 15.9 Å². The van der Waals surface area contributed by atoms with Crippen molar-refractivity contribution in [2.24, 2.45) is 0 Å². The van der Waals surface area contributed by atoms with Crippen LogP contribution >= 0.6 is 23.4 Å². The molecule has 0 spiro atoms. The minimum Gasteiger partial charge on any atom is -0.495 e. The number of halogens is 1. The van der Waals surface area contributed by atoms with E-state index in [-0.39, 0.29) is 11.9 Å². The third-order valence-corrected chi connectivity index (χ3v) is 6.53. The Labute approximate surface area is 184 Å². The second-order valence-corrected chi connectivity index (χ2v) is 8.46. The van der Waals surface area contributed by atoms with Crippen molar-refractivity contribution in [2.75, 3.05) is 17.9 Å². The molecule has 9 heteroatoms. The second kappa shape index (κ2) is 8.57. The quantitative estimate of drug-likeness (QED) is 0.614. The molecule has 1 aliphatic heterocycles. The Morgan fingerprint density at radius 2 is 2.03 bits per heavy atom. The maximum atomic E-state index is 13.2. The van der Waals surface area contributed by atoms with E-state index in [9.17, 15) is 4.79 Å². The van der Waals surface area contributed by atoms with Gasteiger partial charge in [0, 0.05) is 5.69 Å². The molecule has 2 aromatic carbocycles. The molecule has 2 atom stereocenters. The molecule has 0 bridgehead atoms. The highest BCUT2D eigenvalue weighted by Crippen LogP contribution is 2.39. The maximum Gasteiger partial charge on any atom is 0.240 e. The molecule has 0 fully saturated rings. The van der Waals surface area contributed by atoms with Crippen LogP contribution < -0.4 is 15.5 Å². The largest absolute Gasteiger partial charge is 0.495 e. The summed E-state index contributed by atoms with van der Waals surface area (Å²) in [6.45, 7) is 3.96. The van der Waals surface area contributed by atoms with Gasteiger partial charge in [-0.05, 0) is 48.7 Å². The number of nitrogens with zero attached hydrogens (tertiary/aromatic N) is 3. The molecular formula is C21H22ClN5O2S. The standard InChI is InChI=1S/C21H22ClN5O2S/c1-4-13-5-8-15(9-6-13)23-20(28)19-18(14-7-10-17(29-3)16(22)11-14)26-27-12(2)24-25-21(27)30-19/h5-11,18-19,26H,4H2,1-3H3,(H,23,28)/t18-,19+/m0/s1. The molecule has 3 aromatic rings. The zero-order chi connectivity index (χ0) is 21.3. The lowest BCUT2D eigenvalue weighted by Gasteiger charge is -2.33. The van der Waals surface area contributed by atoms with Gasteiger partial charge in [0.05, 0.1) is 18.2 Å². The van der Waals surface area contributed by atoms with Crippen molar-refractivity contribution < 1.29 is 9.53 Å². The van der Waals surface area contributed by atoms with E-state index in [1.165, 1.54) is 17.3 Å². The Morgan fingerprint density at radius 3 is 2.70 bits per heavy atom. The van der Waals surface area contributed by atoms with E-state index in [4.69, 9.17) is 16.3 Å². The molecule has 0 radical (unpaired) electrons. The third-order valence-electron chi connectivity index (χ3n) is 5.02. The first-order valence-corrected chi connectivity index (χ1v) is 10.8. The Morgan fingerprint density at radius 1 is 1.27 bits per heavy atom. The smallest absolute Gasteiger partial charge is 0.240 e. The van der Waals surface area contributed by atoms with Gasteiger partial charge >= 0.3 is 0 Å². The average Bonchev–Trinajstić information content (AvgIpc) is 3.13. The first-order chi connectivity index (χ1) is 14.5. The van der Waals surface area contributed by atoms with Crippen LogP contribution in [0.1, 0.15) is 29.9 Å². The van der Waals surface area contributed by atoms with Crippen LogP contribution in [0.25, 0.3) is 0 Å². The molecular weight excluding hydrogens is 422 g/mol.